The first-order valence-corrected chi connectivity index (χ1v) is 6.71. The van der Waals surface area contributed by atoms with Gasteiger partial charge in [-0.3, -0.25) is 0 Å². The summed E-state index contributed by atoms with van der Waals surface area (Å²) in [4.78, 5) is 5.48. The number of halogens is 3. The molecule has 0 unspecified atom stereocenters. The van der Waals surface area contributed by atoms with E-state index in [0.29, 0.717) is 0 Å². The van der Waals surface area contributed by atoms with E-state index in [-0.39, 0.29) is 0 Å². The number of alkyl halides is 3. The SMILES string of the molecule is CC[CH]c1sc(-c2ccc(C(F)(F)F)cc2)nc1C. The van der Waals surface area contributed by atoms with Crippen LogP contribution in [-0.4, -0.2) is 4.98 Å². The molecule has 101 valence electrons. The van der Waals surface area contributed by atoms with Gasteiger partial charge in [-0.05, 0) is 25.5 Å². The Kier molecular flexibility index (Phi) is 3.94. The van der Waals surface area contributed by atoms with Gasteiger partial charge in [0.1, 0.15) is 5.01 Å². The van der Waals surface area contributed by atoms with Crippen LogP contribution in [0.5, 0.6) is 0 Å². The zero-order chi connectivity index (χ0) is 14.0. The second-order valence-electron chi connectivity index (χ2n) is 4.16. The Balaban J connectivity index is 2.30. The molecule has 0 aliphatic carbocycles. The molecule has 1 aromatic heterocycles. The molecule has 0 amide bonds. The average molecular weight is 284 g/mol. The molecule has 0 N–H and O–H groups in total. The largest absolute Gasteiger partial charge is 0.416 e. The molecule has 1 nitrogen and oxygen atoms in total. The number of nitrogens with zero attached hydrogens (tertiary/aromatic N) is 1. The molecule has 0 aliphatic rings. The Hall–Kier alpha value is -1.36. The first-order valence-electron chi connectivity index (χ1n) is 5.90. The molecule has 1 heterocycles. The van der Waals surface area contributed by atoms with Crippen molar-refractivity contribution in [1.82, 2.24) is 4.98 Å². The molecule has 0 saturated carbocycles. The molecule has 0 bridgehead atoms. The minimum atomic E-state index is -4.29. The molecule has 2 aromatic rings. The summed E-state index contributed by atoms with van der Waals surface area (Å²) in [5.41, 5.74) is 1.00. The van der Waals surface area contributed by atoms with Crippen LogP contribution >= 0.6 is 11.3 Å². The van der Waals surface area contributed by atoms with Crippen LogP contribution in [0.15, 0.2) is 24.3 Å². The van der Waals surface area contributed by atoms with Gasteiger partial charge in [0.2, 0.25) is 0 Å². The van der Waals surface area contributed by atoms with E-state index in [1.807, 2.05) is 13.8 Å². The molecule has 19 heavy (non-hydrogen) atoms. The molecule has 0 saturated heterocycles. The van der Waals surface area contributed by atoms with Gasteiger partial charge in [0, 0.05) is 16.9 Å². The summed E-state index contributed by atoms with van der Waals surface area (Å²) in [7, 11) is 0. The third-order valence-corrected chi connectivity index (χ3v) is 3.88. The number of hydrogen-bond donors (Lipinski definition) is 0. The van der Waals surface area contributed by atoms with Crippen molar-refractivity contribution in [3.8, 4) is 10.6 Å². The topological polar surface area (TPSA) is 12.9 Å². The number of aryl methyl sites for hydroxylation is 1. The number of thiazole rings is 1. The van der Waals surface area contributed by atoms with Crippen molar-refractivity contribution in [2.45, 2.75) is 26.4 Å². The number of rotatable bonds is 3. The fourth-order valence-corrected chi connectivity index (χ4v) is 2.80. The van der Waals surface area contributed by atoms with Gasteiger partial charge in [-0.2, -0.15) is 13.2 Å². The van der Waals surface area contributed by atoms with Crippen LogP contribution in [-0.2, 0) is 6.18 Å². The first kappa shape index (κ1) is 14.1. The maximum absolute atomic E-state index is 12.5. The number of benzene rings is 1. The lowest BCUT2D eigenvalue weighted by Gasteiger charge is -2.06. The van der Waals surface area contributed by atoms with E-state index in [1.165, 1.54) is 23.5 Å². The third-order valence-electron chi connectivity index (χ3n) is 2.68. The van der Waals surface area contributed by atoms with Crippen LogP contribution in [0.1, 0.15) is 29.5 Å². The molecule has 1 aromatic carbocycles. The van der Waals surface area contributed by atoms with E-state index in [2.05, 4.69) is 11.4 Å². The van der Waals surface area contributed by atoms with E-state index in [4.69, 9.17) is 0 Å². The molecule has 0 atom stereocenters. The Morgan fingerprint density at radius 1 is 1.21 bits per heavy atom. The highest BCUT2D eigenvalue weighted by atomic mass is 32.1. The Morgan fingerprint density at radius 2 is 1.84 bits per heavy atom. The van der Waals surface area contributed by atoms with Gasteiger partial charge in [0.15, 0.2) is 0 Å². The lowest BCUT2D eigenvalue weighted by atomic mass is 10.1. The smallest absolute Gasteiger partial charge is 0.241 e. The van der Waals surface area contributed by atoms with Crippen molar-refractivity contribution < 1.29 is 13.2 Å². The monoisotopic (exact) mass is 284 g/mol. The van der Waals surface area contributed by atoms with Crippen LogP contribution in [0.25, 0.3) is 10.6 Å². The Labute approximate surface area is 114 Å². The van der Waals surface area contributed by atoms with Crippen molar-refractivity contribution in [1.29, 1.82) is 0 Å². The number of hydrogen-bond acceptors (Lipinski definition) is 2. The Bertz CT molecular complexity index is 555. The molecule has 5 heteroatoms. The van der Waals surface area contributed by atoms with E-state index in [9.17, 15) is 13.2 Å². The average Bonchev–Trinajstić information content (AvgIpc) is 2.71. The van der Waals surface area contributed by atoms with Crippen LogP contribution < -0.4 is 0 Å². The molecule has 0 aliphatic heterocycles. The van der Waals surface area contributed by atoms with E-state index in [1.54, 1.807) is 0 Å². The van der Waals surface area contributed by atoms with Gasteiger partial charge in [0.25, 0.3) is 0 Å². The predicted octanol–water partition coefficient (Wildman–Crippen LogP) is 5.10. The van der Waals surface area contributed by atoms with Gasteiger partial charge in [-0.1, -0.05) is 19.1 Å². The van der Waals surface area contributed by atoms with Crippen LogP contribution in [0.2, 0.25) is 0 Å². The van der Waals surface area contributed by atoms with Crippen molar-refractivity contribution >= 4 is 11.3 Å². The van der Waals surface area contributed by atoms with Crippen LogP contribution in [0.4, 0.5) is 13.2 Å². The van der Waals surface area contributed by atoms with E-state index < -0.39 is 11.7 Å². The van der Waals surface area contributed by atoms with Gasteiger partial charge >= 0.3 is 6.18 Å². The lowest BCUT2D eigenvalue weighted by Crippen LogP contribution is -2.03. The van der Waals surface area contributed by atoms with Crippen molar-refractivity contribution in [3.63, 3.8) is 0 Å². The normalized spacial score (nSPS) is 11.8. The molecule has 0 fully saturated rings. The summed E-state index contributed by atoms with van der Waals surface area (Å²) in [5, 5.41) is 0.755. The maximum Gasteiger partial charge on any atom is 0.416 e. The summed E-state index contributed by atoms with van der Waals surface area (Å²) in [6, 6.07) is 5.12. The fraction of sp³-hybridized carbons (Fsp3) is 0.286. The van der Waals surface area contributed by atoms with Crippen LogP contribution in [0.3, 0.4) is 0 Å². The molecule has 2 rings (SSSR count). The van der Waals surface area contributed by atoms with Gasteiger partial charge in [-0.15, -0.1) is 11.3 Å². The van der Waals surface area contributed by atoms with Crippen molar-refractivity contribution in [2.24, 2.45) is 0 Å². The Morgan fingerprint density at radius 3 is 2.37 bits per heavy atom. The molecule has 1 radical (unpaired) electrons. The summed E-state index contributed by atoms with van der Waals surface area (Å²) >= 11 is 1.50. The maximum atomic E-state index is 12.5. The third kappa shape index (κ3) is 3.15. The zero-order valence-corrected chi connectivity index (χ0v) is 11.4. The first-order chi connectivity index (χ1) is 8.91. The second-order valence-corrected chi connectivity index (χ2v) is 5.19. The molecule has 0 spiro atoms. The van der Waals surface area contributed by atoms with E-state index in [0.717, 1.165) is 39.7 Å². The fourth-order valence-electron chi connectivity index (χ4n) is 1.71. The minimum Gasteiger partial charge on any atom is -0.241 e. The highest BCUT2D eigenvalue weighted by Gasteiger charge is 2.30. The standard InChI is InChI=1S/C14H13F3NS/c1-3-4-12-9(2)18-13(19-12)10-5-7-11(8-6-10)14(15,16)17/h4-8H,3H2,1-2H3. The van der Waals surface area contributed by atoms with Crippen LogP contribution in [0, 0.1) is 13.3 Å². The van der Waals surface area contributed by atoms with Gasteiger partial charge in [-0.25, -0.2) is 4.98 Å². The molecular formula is C14H13F3NS. The summed E-state index contributed by atoms with van der Waals surface area (Å²) in [5.74, 6) is 0. The summed E-state index contributed by atoms with van der Waals surface area (Å²) < 4.78 is 37.4. The van der Waals surface area contributed by atoms with Crippen molar-refractivity contribution in [3.05, 3.63) is 46.8 Å². The van der Waals surface area contributed by atoms with Gasteiger partial charge in [0.05, 0.1) is 11.3 Å². The summed E-state index contributed by atoms with van der Waals surface area (Å²) in [6.45, 7) is 3.95. The lowest BCUT2D eigenvalue weighted by molar-refractivity contribution is -0.137. The summed E-state index contributed by atoms with van der Waals surface area (Å²) in [6.07, 6.45) is -1.31. The second kappa shape index (κ2) is 5.33. The van der Waals surface area contributed by atoms with Crippen molar-refractivity contribution in [2.75, 3.05) is 0 Å². The number of aromatic nitrogens is 1. The minimum absolute atomic E-state index is 0.634. The van der Waals surface area contributed by atoms with E-state index >= 15 is 0 Å². The zero-order valence-electron chi connectivity index (χ0n) is 10.6. The molecular weight excluding hydrogens is 271 g/mol. The highest BCUT2D eigenvalue weighted by molar-refractivity contribution is 7.15. The van der Waals surface area contributed by atoms with Gasteiger partial charge < -0.3 is 0 Å². The quantitative estimate of drug-likeness (QED) is 0.764. The highest BCUT2D eigenvalue weighted by Crippen LogP contribution is 2.33. The predicted molar refractivity (Wildman–Crippen MR) is 71.0 cm³/mol.